The highest BCUT2D eigenvalue weighted by Crippen LogP contribution is 2.47. The van der Waals surface area contributed by atoms with Crippen molar-refractivity contribution in [3.63, 3.8) is 0 Å². The maximum atomic E-state index is 2.44. The van der Waals surface area contributed by atoms with Gasteiger partial charge in [-0.2, -0.15) is 0 Å². The predicted molar refractivity (Wildman–Crippen MR) is 97.2 cm³/mol. The smallest absolute Gasteiger partial charge is 0.0296 e. The molecule has 0 saturated heterocycles. The van der Waals surface area contributed by atoms with Crippen LogP contribution in [0.1, 0.15) is 39.3 Å². The van der Waals surface area contributed by atoms with Gasteiger partial charge >= 0.3 is 0 Å². The second kappa shape index (κ2) is 4.82. The molecule has 0 nitrogen and oxygen atoms in total. The monoisotopic (exact) mass is 292 g/mol. The van der Waals surface area contributed by atoms with E-state index in [2.05, 4.69) is 91.0 Å². The lowest BCUT2D eigenvalue weighted by Gasteiger charge is -2.14. The summed E-state index contributed by atoms with van der Waals surface area (Å²) in [6, 6.07) is 26.1. The molecule has 0 heterocycles. The summed E-state index contributed by atoms with van der Waals surface area (Å²) in [5.41, 5.74) is 9.55. The molecule has 0 radical (unpaired) electrons. The Kier molecular flexibility index (Phi) is 2.65. The highest BCUT2D eigenvalue weighted by Gasteiger charge is 2.29. The number of hydrogen-bond donors (Lipinski definition) is 0. The minimum Gasteiger partial charge on any atom is -0.0641 e. The van der Waals surface area contributed by atoms with Crippen molar-refractivity contribution >= 4 is 17.7 Å². The lowest BCUT2D eigenvalue weighted by molar-refractivity contribution is 1.04. The van der Waals surface area contributed by atoms with Gasteiger partial charge in [0, 0.05) is 5.92 Å². The van der Waals surface area contributed by atoms with Crippen molar-refractivity contribution in [1.29, 1.82) is 0 Å². The van der Waals surface area contributed by atoms with E-state index in [1.807, 2.05) is 0 Å². The van der Waals surface area contributed by atoms with E-state index < -0.39 is 0 Å². The van der Waals surface area contributed by atoms with E-state index in [0.29, 0.717) is 5.92 Å². The van der Waals surface area contributed by atoms with Crippen molar-refractivity contribution in [3.05, 3.63) is 112 Å². The maximum absolute atomic E-state index is 2.44. The minimum atomic E-state index is 0.350. The van der Waals surface area contributed by atoms with E-state index in [-0.39, 0.29) is 0 Å². The first-order valence-electron chi connectivity index (χ1n) is 8.09. The number of allylic oxidation sites excluding steroid dienone is 1. The van der Waals surface area contributed by atoms with Gasteiger partial charge in [-0.25, -0.2) is 0 Å². The van der Waals surface area contributed by atoms with Gasteiger partial charge in [-0.3, -0.25) is 0 Å². The first kappa shape index (κ1) is 12.7. The number of rotatable bonds is 1. The fourth-order valence-electron chi connectivity index (χ4n) is 3.89. The van der Waals surface area contributed by atoms with Crippen molar-refractivity contribution in [2.45, 2.75) is 5.92 Å². The molecule has 2 aliphatic rings. The van der Waals surface area contributed by atoms with Gasteiger partial charge in [0.25, 0.3) is 0 Å². The second-order valence-corrected chi connectivity index (χ2v) is 6.19. The normalized spacial score (nSPS) is 17.2. The summed E-state index contributed by atoms with van der Waals surface area (Å²) in [6.07, 6.45) is 6.95. The lowest BCUT2D eigenvalue weighted by Crippen LogP contribution is -1.98. The van der Waals surface area contributed by atoms with Crippen LogP contribution in [-0.2, 0) is 0 Å². The standard InChI is InChI=1S/C23H16/c1-2-7-16(8-3-1)21-15-22-19-11-5-4-9-17(19)13-14-18-10-6-12-20(21)23(18)22/h1-15,22H/t22-/m1/s1. The molecule has 0 unspecified atom stereocenters. The number of hydrogen-bond acceptors (Lipinski definition) is 0. The van der Waals surface area contributed by atoms with Crippen LogP contribution in [0.25, 0.3) is 17.7 Å². The molecule has 0 spiro atoms. The Hall–Kier alpha value is -2.86. The van der Waals surface area contributed by atoms with E-state index in [1.165, 1.54) is 39.0 Å². The molecule has 108 valence electrons. The topological polar surface area (TPSA) is 0 Å². The van der Waals surface area contributed by atoms with Gasteiger partial charge in [0.2, 0.25) is 0 Å². The van der Waals surface area contributed by atoms with E-state index in [0.717, 1.165) is 0 Å². The third-order valence-corrected chi connectivity index (χ3v) is 4.93. The number of benzene rings is 3. The van der Waals surface area contributed by atoms with Crippen molar-refractivity contribution in [3.8, 4) is 0 Å². The largest absolute Gasteiger partial charge is 0.0641 e. The zero-order valence-corrected chi connectivity index (χ0v) is 12.7. The molecule has 23 heavy (non-hydrogen) atoms. The molecule has 3 aromatic carbocycles. The molecule has 2 aliphatic carbocycles. The molecule has 0 aliphatic heterocycles. The van der Waals surface area contributed by atoms with Crippen LogP contribution in [0.3, 0.4) is 0 Å². The summed E-state index contributed by atoms with van der Waals surface area (Å²) >= 11 is 0. The van der Waals surface area contributed by atoms with E-state index >= 15 is 0 Å². The van der Waals surface area contributed by atoms with Gasteiger partial charge in [-0.1, -0.05) is 91.0 Å². The molecule has 0 N–H and O–H groups in total. The van der Waals surface area contributed by atoms with Crippen LogP contribution in [0.5, 0.6) is 0 Å². The van der Waals surface area contributed by atoms with Crippen LogP contribution in [0, 0.1) is 0 Å². The van der Waals surface area contributed by atoms with E-state index in [4.69, 9.17) is 0 Å². The van der Waals surface area contributed by atoms with Gasteiger partial charge in [-0.15, -0.1) is 0 Å². The van der Waals surface area contributed by atoms with Crippen molar-refractivity contribution < 1.29 is 0 Å². The van der Waals surface area contributed by atoms with Gasteiger partial charge in [0.15, 0.2) is 0 Å². The fourth-order valence-corrected chi connectivity index (χ4v) is 3.89. The summed E-state index contributed by atoms with van der Waals surface area (Å²) in [5, 5.41) is 0. The molecular weight excluding hydrogens is 276 g/mol. The Morgan fingerprint density at radius 2 is 1.35 bits per heavy atom. The zero-order chi connectivity index (χ0) is 15.2. The highest BCUT2D eigenvalue weighted by molar-refractivity contribution is 5.91. The third kappa shape index (κ3) is 1.85. The maximum Gasteiger partial charge on any atom is 0.0296 e. The van der Waals surface area contributed by atoms with Crippen molar-refractivity contribution in [2.75, 3.05) is 0 Å². The first-order chi connectivity index (χ1) is 11.4. The van der Waals surface area contributed by atoms with Crippen LogP contribution in [0.15, 0.2) is 78.9 Å². The zero-order valence-electron chi connectivity index (χ0n) is 12.7. The summed E-state index contributed by atoms with van der Waals surface area (Å²) in [4.78, 5) is 0. The Bertz CT molecular complexity index is 958. The molecule has 5 rings (SSSR count). The third-order valence-electron chi connectivity index (χ3n) is 4.93. The fraction of sp³-hybridized carbons (Fsp3) is 0.0435. The Balaban J connectivity index is 1.81. The molecule has 0 saturated carbocycles. The van der Waals surface area contributed by atoms with E-state index in [9.17, 15) is 0 Å². The Morgan fingerprint density at radius 3 is 2.26 bits per heavy atom. The molecule has 0 heteroatoms. The minimum absolute atomic E-state index is 0.350. The first-order valence-corrected chi connectivity index (χ1v) is 8.09. The number of fused-ring (bicyclic) bond motifs is 2. The Morgan fingerprint density at radius 1 is 0.609 bits per heavy atom. The van der Waals surface area contributed by atoms with Crippen molar-refractivity contribution in [1.82, 2.24) is 0 Å². The van der Waals surface area contributed by atoms with Gasteiger partial charge in [0.1, 0.15) is 0 Å². The Labute approximate surface area is 136 Å². The van der Waals surface area contributed by atoms with Crippen LogP contribution < -0.4 is 0 Å². The molecule has 0 fully saturated rings. The predicted octanol–water partition coefficient (Wildman–Crippen LogP) is 5.75. The summed E-state index contributed by atoms with van der Waals surface area (Å²) < 4.78 is 0. The summed E-state index contributed by atoms with van der Waals surface area (Å²) in [5.74, 6) is 0.350. The molecular formula is C23H16. The average molecular weight is 292 g/mol. The average Bonchev–Trinajstić information content (AvgIpc) is 2.93. The summed E-state index contributed by atoms with van der Waals surface area (Å²) in [7, 11) is 0. The second-order valence-electron chi connectivity index (χ2n) is 6.19. The summed E-state index contributed by atoms with van der Waals surface area (Å²) in [6.45, 7) is 0. The van der Waals surface area contributed by atoms with Gasteiger partial charge in [-0.05, 0) is 39.0 Å². The molecule has 3 aromatic rings. The highest BCUT2D eigenvalue weighted by atomic mass is 14.3. The van der Waals surface area contributed by atoms with Crippen LogP contribution >= 0.6 is 0 Å². The van der Waals surface area contributed by atoms with Crippen LogP contribution in [0.2, 0.25) is 0 Å². The van der Waals surface area contributed by atoms with Crippen molar-refractivity contribution in [2.24, 2.45) is 0 Å². The van der Waals surface area contributed by atoms with Gasteiger partial charge in [0.05, 0.1) is 0 Å². The quantitative estimate of drug-likeness (QED) is 0.536. The lowest BCUT2D eigenvalue weighted by atomic mass is 9.89. The molecule has 0 bridgehead atoms. The van der Waals surface area contributed by atoms with E-state index in [1.54, 1.807) is 0 Å². The van der Waals surface area contributed by atoms with Gasteiger partial charge < -0.3 is 0 Å². The SMILES string of the molecule is C1=Cc2cccc3c2[C@H](C=C3c2ccccc2)c2ccccc21. The molecule has 1 atom stereocenters. The van der Waals surface area contributed by atoms with Crippen LogP contribution in [0.4, 0.5) is 0 Å². The molecule has 0 amide bonds. The molecule has 0 aromatic heterocycles. The van der Waals surface area contributed by atoms with Crippen LogP contribution in [-0.4, -0.2) is 0 Å².